The molecule has 0 radical (unpaired) electrons. The van der Waals surface area contributed by atoms with Gasteiger partial charge in [-0.2, -0.15) is 0 Å². The lowest BCUT2D eigenvalue weighted by Crippen LogP contribution is -3.00. The molecule has 0 atom stereocenters. The van der Waals surface area contributed by atoms with Crippen molar-refractivity contribution in [3.05, 3.63) is 58.8 Å². The smallest absolute Gasteiger partial charge is 0.137 e. The largest absolute Gasteiger partial charge is 1.00 e. The van der Waals surface area contributed by atoms with E-state index in [4.69, 9.17) is 0 Å². The molecule has 2 heterocycles. The number of halogens is 2. The van der Waals surface area contributed by atoms with Gasteiger partial charge >= 0.3 is 0 Å². The molecule has 0 fully saturated rings. The summed E-state index contributed by atoms with van der Waals surface area (Å²) in [6, 6.07) is 14.3. The van der Waals surface area contributed by atoms with Gasteiger partial charge in [-0.3, -0.25) is 0 Å². The highest BCUT2D eigenvalue weighted by Crippen LogP contribution is 2.23. The molecule has 0 saturated carbocycles. The van der Waals surface area contributed by atoms with Crippen LogP contribution in [0.5, 0.6) is 0 Å². The van der Waals surface area contributed by atoms with E-state index in [1.165, 1.54) is 5.69 Å². The molecule has 92 valence electrons. The van der Waals surface area contributed by atoms with Crippen LogP contribution in [-0.2, 0) is 0 Å². The molecule has 2 nitrogen and oxygen atoms in total. The van der Waals surface area contributed by atoms with Gasteiger partial charge in [-0.1, -0.05) is 34.1 Å². The van der Waals surface area contributed by atoms with Crippen LogP contribution in [0.25, 0.3) is 16.9 Å². The Morgan fingerprint density at radius 2 is 1.89 bits per heavy atom. The van der Waals surface area contributed by atoms with Gasteiger partial charge in [0, 0.05) is 21.9 Å². The second-order valence-corrected chi connectivity index (χ2v) is 4.95. The van der Waals surface area contributed by atoms with Crippen molar-refractivity contribution >= 4 is 21.6 Å². The van der Waals surface area contributed by atoms with Crippen LogP contribution in [0.3, 0.4) is 0 Å². The molecule has 3 rings (SSSR count). The average molecular weight is 367 g/mol. The van der Waals surface area contributed by atoms with Crippen molar-refractivity contribution in [1.29, 1.82) is 0 Å². The van der Waals surface area contributed by atoms with Gasteiger partial charge in [-0.05, 0) is 31.2 Å². The molecule has 0 aliphatic heterocycles. The summed E-state index contributed by atoms with van der Waals surface area (Å²) in [4.78, 5) is 4.63. The molecule has 18 heavy (non-hydrogen) atoms. The minimum atomic E-state index is 0. The van der Waals surface area contributed by atoms with E-state index in [0.717, 1.165) is 21.4 Å². The maximum Gasteiger partial charge on any atom is 0.137 e. The summed E-state index contributed by atoms with van der Waals surface area (Å²) >= 11 is 3.48. The predicted molar refractivity (Wildman–Crippen MR) is 73.1 cm³/mol. The molecule has 4 heteroatoms. The molecule has 2 aromatic heterocycles. The number of aromatic nitrogens is 2. The van der Waals surface area contributed by atoms with Crippen molar-refractivity contribution in [3.8, 4) is 11.3 Å². The van der Waals surface area contributed by atoms with E-state index in [1.807, 2.05) is 24.3 Å². The lowest BCUT2D eigenvalue weighted by Gasteiger charge is -1.96. The van der Waals surface area contributed by atoms with E-state index in [-0.39, 0.29) is 17.0 Å². The summed E-state index contributed by atoms with van der Waals surface area (Å²) < 4.78 is 3.18. The number of nitrogens with zero attached hydrogens (tertiary/aromatic N) is 2. The van der Waals surface area contributed by atoms with Gasteiger partial charge in [0.15, 0.2) is 0 Å². The van der Waals surface area contributed by atoms with E-state index in [9.17, 15) is 0 Å². The fraction of sp³-hybridized carbons (Fsp3) is 0.0714. The van der Waals surface area contributed by atoms with E-state index in [1.54, 1.807) is 0 Å². The first-order valence-corrected chi connectivity index (χ1v) is 6.24. The van der Waals surface area contributed by atoms with Crippen LogP contribution in [0.1, 0.15) is 5.69 Å². The normalized spacial score (nSPS) is 10.3. The Kier molecular flexibility index (Phi) is 3.88. The summed E-state index contributed by atoms with van der Waals surface area (Å²) in [5.41, 5.74) is 4.30. The summed E-state index contributed by atoms with van der Waals surface area (Å²) in [6.45, 7) is 2.08. The Hall–Kier alpha value is -1.13. The zero-order chi connectivity index (χ0) is 11.8. The summed E-state index contributed by atoms with van der Waals surface area (Å²) in [6.07, 6.45) is 2.08. The van der Waals surface area contributed by atoms with Crippen LogP contribution in [0.4, 0.5) is 0 Å². The molecule has 0 bridgehead atoms. The summed E-state index contributed by atoms with van der Waals surface area (Å²) in [5.74, 6) is 0. The maximum atomic E-state index is 4.63. The first-order valence-electron chi connectivity index (χ1n) is 5.45. The van der Waals surface area contributed by atoms with Crippen LogP contribution >= 0.6 is 15.9 Å². The third kappa shape index (κ3) is 2.35. The SMILES string of the molecule is Cc1cccc2nc(-c3cccc(Br)c3)cn12.[Br-]. The molecular formula is C14H11Br2N2-. The summed E-state index contributed by atoms with van der Waals surface area (Å²) in [7, 11) is 0. The van der Waals surface area contributed by atoms with E-state index >= 15 is 0 Å². The van der Waals surface area contributed by atoms with Gasteiger partial charge in [0.1, 0.15) is 5.65 Å². The number of pyridine rings is 1. The van der Waals surface area contributed by atoms with Gasteiger partial charge in [0.25, 0.3) is 0 Å². The van der Waals surface area contributed by atoms with Crippen molar-refractivity contribution in [2.75, 3.05) is 0 Å². The topological polar surface area (TPSA) is 17.3 Å². The fourth-order valence-corrected chi connectivity index (χ4v) is 2.33. The number of benzene rings is 1. The summed E-state index contributed by atoms with van der Waals surface area (Å²) in [5, 5.41) is 0. The highest BCUT2D eigenvalue weighted by Gasteiger charge is 2.05. The zero-order valence-electron chi connectivity index (χ0n) is 9.77. The number of rotatable bonds is 1. The Morgan fingerprint density at radius 3 is 2.61 bits per heavy atom. The van der Waals surface area contributed by atoms with Crippen molar-refractivity contribution in [2.45, 2.75) is 6.92 Å². The van der Waals surface area contributed by atoms with Gasteiger partial charge < -0.3 is 21.4 Å². The third-order valence-electron chi connectivity index (χ3n) is 2.82. The second kappa shape index (κ2) is 5.24. The second-order valence-electron chi connectivity index (χ2n) is 4.03. The van der Waals surface area contributed by atoms with Crippen LogP contribution in [0.2, 0.25) is 0 Å². The average Bonchev–Trinajstić information content (AvgIpc) is 2.74. The highest BCUT2D eigenvalue weighted by atomic mass is 79.9. The maximum absolute atomic E-state index is 4.63. The zero-order valence-corrected chi connectivity index (χ0v) is 12.9. The van der Waals surface area contributed by atoms with Crippen molar-refractivity contribution in [3.63, 3.8) is 0 Å². The fourth-order valence-electron chi connectivity index (χ4n) is 1.94. The Balaban J connectivity index is 0.00000120. The monoisotopic (exact) mass is 365 g/mol. The number of hydrogen-bond acceptors (Lipinski definition) is 1. The van der Waals surface area contributed by atoms with Crippen molar-refractivity contribution in [1.82, 2.24) is 9.38 Å². The Labute approximate surface area is 125 Å². The molecule has 0 saturated heterocycles. The third-order valence-corrected chi connectivity index (χ3v) is 3.31. The quantitative estimate of drug-likeness (QED) is 0.630. The minimum absolute atomic E-state index is 0. The lowest BCUT2D eigenvalue weighted by molar-refractivity contribution is -0.00000342. The van der Waals surface area contributed by atoms with Crippen LogP contribution < -0.4 is 17.0 Å². The number of hydrogen-bond donors (Lipinski definition) is 0. The van der Waals surface area contributed by atoms with Crippen LogP contribution in [0.15, 0.2) is 53.1 Å². The highest BCUT2D eigenvalue weighted by molar-refractivity contribution is 9.10. The van der Waals surface area contributed by atoms with E-state index in [0.29, 0.717) is 0 Å². The molecule has 0 spiro atoms. The van der Waals surface area contributed by atoms with E-state index in [2.05, 4.69) is 56.6 Å². The number of fused-ring (bicyclic) bond motifs is 1. The minimum Gasteiger partial charge on any atom is -1.00 e. The molecule has 3 aromatic rings. The van der Waals surface area contributed by atoms with Gasteiger partial charge in [-0.15, -0.1) is 0 Å². The van der Waals surface area contributed by atoms with Crippen LogP contribution in [-0.4, -0.2) is 9.38 Å². The van der Waals surface area contributed by atoms with Gasteiger partial charge in [0.05, 0.1) is 5.69 Å². The van der Waals surface area contributed by atoms with Crippen molar-refractivity contribution in [2.24, 2.45) is 0 Å². The first kappa shape index (κ1) is 13.3. The molecule has 0 aliphatic carbocycles. The molecule has 0 aliphatic rings. The first-order chi connectivity index (χ1) is 8.24. The lowest BCUT2D eigenvalue weighted by atomic mass is 10.2. The van der Waals surface area contributed by atoms with Gasteiger partial charge in [0.2, 0.25) is 0 Å². The number of aryl methyl sites for hydroxylation is 1. The Bertz CT molecular complexity index is 689. The van der Waals surface area contributed by atoms with Crippen molar-refractivity contribution < 1.29 is 17.0 Å². The van der Waals surface area contributed by atoms with E-state index < -0.39 is 0 Å². The standard InChI is InChI=1S/C14H11BrN2.BrH/c1-10-4-2-7-14-16-13(9-17(10)14)11-5-3-6-12(15)8-11;/h2-9H,1H3;1H/p-1. The molecular weight excluding hydrogens is 356 g/mol. The van der Waals surface area contributed by atoms with Crippen LogP contribution in [0, 0.1) is 6.92 Å². The molecule has 0 N–H and O–H groups in total. The molecule has 0 unspecified atom stereocenters. The van der Waals surface area contributed by atoms with Gasteiger partial charge in [-0.25, -0.2) is 4.98 Å². The number of imidazole rings is 1. The molecule has 1 aromatic carbocycles. The Morgan fingerprint density at radius 1 is 1.11 bits per heavy atom. The molecule has 0 amide bonds. The predicted octanol–water partition coefficient (Wildman–Crippen LogP) is 1.08.